The van der Waals surface area contributed by atoms with Crippen molar-refractivity contribution >= 4 is 23.4 Å². The highest BCUT2D eigenvalue weighted by Gasteiger charge is 2.33. The zero-order chi connectivity index (χ0) is 24.2. The van der Waals surface area contributed by atoms with Crippen LogP contribution in [-0.4, -0.2) is 31.4 Å². The third kappa shape index (κ3) is 4.32. The van der Waals surface area contributed by atoms with Crippen LogP contribution in [0.1, 0.15) is 24.1 Å². The summed E-state index contributed by atoms with van der Waals surface area (Å²) >= 11 is 1.28. The van der Waals surface area contributed by atoms with Crippen molar-refractivity contribution in [2.24, 2.45) is 4.99 Å². The first-order valence-corrected chi connectivity index (χ1v) is 11.4. The fourth-order valence-corrected chi connectivity index (χ4v) is 4.88. The van der Waals surface area contributed by atoms with Gasteiger partial charge in [0.2, 0.25) is 0 Å². The van der Waals surface area contributed by atoms with Crippen molar-refractivity contribution in [3.63, 3.8) is 0 Å². The van der Waals surface area contributed by atoms with Crippen molar-refractivity contribution in [3.8, 4) is 11.5 Å². The third-order valence-corrected chi connectivity index (χ3v) is 6.38. The highest BCUT2D eigenvalue weighted by atomic mass is 32.1. The number of carbonyl (C=O) groups excluding carboxylic acids is 1. The van der Waals surface area contributed by atoms with Gasteiger partial charge in [-0.3, -0.25) is 9.36 Å². The van der Waals surface area contributed by atoms with E-state index in [1.165, 1.54) is 29.1 Å². The van der Waals surface area contributed by atoms with E-state index >= 15 is 0 Å². The molecule has 1 aliphatic heterocycles. The molecule has 0 saturated carbocycles. The lowest BCUT2D eigenvalue weighted by atomic mass is 9.95. The van der Waals surface area contributed by atoms with Gasteiger partial charge in [0, 0.05) is 0 Å². The van der Waals surface area contributed by atoms with Crippen LogP contribution in [0.2, 0.25) is 0 Å². The molecule has 2 aromatic carbocycles. The van der Waals surface area contributed by atoms with E-state index < -0.39 is 12.0 Å². The monoisotopic (exact) mass is 476 g/mol. The Hall–Kier alpha value is -3.91. The molecular formula is C26H24N2O5S. The number of hydrogen-bond donors (Lipinski definition) is 0. The maximum absolute atomic E-state index is 13.6. The first kappa shape index (κ1) is 23.3. The molecule has 3 aromatic rings. The summed E-state index contributed by atoms with van der Waals surface area (Å²) in [6, 6.07) is 14.2. The van der Waals surface area contributed by atoms with Gasteiger partial charge in [0.1, 0.15) is 6.61 Å². The summed E-state index contributed by atoms with van der Waals surface area (Å²) < 4.78 is 18.3. The normalized spacial score (nSPS) is 15.4. The molecule has 2 heterocycles. The predicted octanol–water partition coefficient (Wildman–Crippen LogP) is 2.98. The Bertz CT molecular complexity index is 1450. The average Bonchev–Trinajstić information content (AvgIpc) is 3.16. The molecule has 1 aromatic heterocycles. The summed E-state index contributed by atoms with van der Waals surface area (Å²) in [5.41, 5.74) is 2.10. The third-order valence-electron chi connectivity index (χ3n) is 5.39. The summed E-state index contributed by atoms with van der Waals surface area (Å²) in [5.74, 6) is 0.470. The minimum atomic E-state index is -0.744. The van der Waals surface area contributed by atoms with Crippen molar-refractivity contribution in [1.82, 2.24) is 4.57 Å². The molecule has 34 heavy (non-hydrogen) atoms. The molecule has 0 amide bonds. The van der Waals surface area contributed by atoms with Crippen LogP contribution in [0, 0.1) is 0 Å². The summed E-state index contributed by atoms with van der Waals surface area (Å²) in [6.07, 6.45) is 3.32. The Morgan fingerprint density at radius 3 is 2.56 bits per heavy atom. The van der Waals surface area contributed by atoms with E-state index in [1.807, 2.05) is 36.4 Å². The molecule has 0 N–H and O–H groups in total. The summed E-state index contributed by atoms with van der Waals surface area (Å²) in [6.45, 7) is 5.40. The van der Waals surface area contributed by atoms with Crippen LogP contribution in [0.15, 0.2) is 82.2 Å². The summed E-state index contributed by atoms with van der Waals surface area (Å²) in [4.78, 5) is 31.8. The molecule has 8 heteroatoms. The van der Waals surface area contributed by atoms with E-state index in [2.05, 4.69) is 11.6 Å². The van der Waals surface area contributed by atoms with Crippen molar-refractivity contribution in [1.29, 1.82) is 0 Å². The number of nitrogens with zero attached hydrogens (tertiary/aromatic N) is 2. The minimum Gasteiger partial charge on any atom is -0.493 e. The first-order chi connectivity index (χ1) is 16.5. The fraction of sp³-hybridized carbons (Fsp3) is 0.192. The van der Waals surface area contributed by atoms with Crippen LogP contribution >= 0.6 is 11.3 Å². The molecule has 1 unspecified atom stereocenters. The Morgan fingerprint density at radius 2 is 1.88 bits per heavy atom. The molecule has 4 rings (SSSR count). The number of fused-ring (bicyclic) bond motifs is 1. The number of thiazole rings is 1. The zero-order valence-electron chi connectivity index (χ0n) is 19.1. The largest absolute Gasteiger partial charge is 0.493 e. The molecule has 0 fully saturated rings. The van der Waals surface area contributed by atoms with Gasteiger partial charge in [-0.1, -0.05) is 60.4 Å². The van der Waals surface area contributed by atoms with Crippen molar-refractivity contribution in [2.75, 3.05) is 20.8 Å². The number of aromatic nitrogens is 1. The van der Waals surface area contributed by atoms with Gasteiger partial charge in [-0.2, -0.15) is 0 Å². The number of benzene rings is 2. The highest BCUT2D eigenvalue weighted by molar-refractivity contribution is 7.07. The fourth-order valence-electron chi connectivity index (χ4n) is 3.83. The van der Waals surface area contributed by atoms with Crippen molar-refractivity contribution in [2.45, 2.75) is 13.0 Å². The Kier molecular flexibility index (Phi) is 6.79. The average molecular weight is 477 g/mol. The SMILES string of the molecule is C=CCOC(=O)C1=C(C)N=c2sc(=Cc3ccccc3)c(=O)n2C1c1ccc(OC)c(OC)c1. The molecule has 0 radical (unpaired) electrons. The van der Waals surface area contributed by atoms with E-state index in [0.29, 0.717) is 32.1 Å². The van der Waals surface area contributed by atoms with Gasteiger partial charge in [0.25, 0.3) is 5.56 Å². The maximum Gasteiger partial charge on any atom is 0.338 e. The molecule has 1 atom stereocenters. The minimum absolute atomic E-state index is 0.0483. The van der Waals surface area contributed by atoms with Crippen LogP contribution < -0.4 is 24.4 Å². The molecular weight excluding hydrogens is 452 g/mol. The van der Waals surface area contributed by atoms with E-state index in [-0.39, 0.29) is 17.7 Å². The van der Waals surface area contributed by atoms with Crippen molar-refractivity contribution in [3.05, 3.63) is 103 Å². The van der Waals surface area contributed by atoms with Crippen LogP contribution in [0.25, 0.3) is 6.08 Å². The van der Waals surface area contributed by atoms with Gasteiger partial charge >= 0.3 is 5.97 Å². The quantitative estimate of drug-likeness (QED) is 0.387. The van der Waals surface area contributed by atoms with Crippen LogP contribution in [0.5, 0.6) is 11.5 Å². The van der Waals surface area contributed by atoms with Gasteiger partial charge < -0.3 is 14.2 Å². The van der Waals surface area contributed by atoms with Gasteiger partial charge in [-0.25, -0.2) is 9.79 Å². The lowest BCUT2D eigenvalue weighted by molar-refractivity contribution is -0.138. The lowest BCUT2D eigenvalue weighted by Gasteiger charge is -2.25. The Labute approximate surface area is 200 Å². The highest BCUT2D eigenvalue weighted by Crippen LogP contribution is 2.36. The zero-order valence-corrected chi connectivity index (χ0v) is 19.9. The Morgan fingerprint density at radius 1 is 1.15 bits per heavy atom. The number of hydrogen-bond acceptors (Lipinski definition) is 7. The van der Waals surface area contributed by atoms with Crippen LogP contribution in [-0.2, 0) is 9.53 Å². The molecule has 174 valence electrons. The van der Waals surface area contributed by atoms with E-state index in [1.54, 1.807) is 32.2 Å². The molecule has 0 aliphatic carbocycles. The van der Waals surface area contributed by atoms with Crippen LogP contribution in [0.3, 0.4) is 0 Å². The molecule has 0 bridgehead atoms. The van der Waals surface area contributed by atoms with E-state index in [9.17, 15) is 9.59 Å². The molecule has 0 saturated heterocycles. The Balaban J connectivity index is 1.96. The number of ether oxygens (including phenoxy) is 3. The lowest BCUT2D eigenvalue weighted by Crippen LogP contribution is -2.40. The van der Waals surface area contributed by atoms with E-state index in [0.717, 1.165) is 5.56 Å². The second kappa shape index (κ2) is 9.93. The topological polar surface area (TPSA) is 79.1 Å². The first-order valence-electron chi connectivity index (χ1n) is 10.6. The smallest absolute Gasteiger partial charge is 0.338 e. The second-order valence-electron chi connectivity index (χ2n) is 7.49. The molecule has 1 aliphatic rings. The van der Waals surface area contributed by atoms with Gasteiger partial charge in [-0.15, -0.1) is 0 Å². The van der Waals surface area contributed by atoms with Gasteiger partial charge in [-0.05, 0) is 36.3 Å². The molecule has 0 spiro atoms. The van der Waals surface area contributed by atoms with Crippen LogP contribution in [0.4, 0.5) is 0 Å². The standard InChI is InChI=1S/C26H24N2O5S/c1-5-13-33-25(30)22-16(2)27-26-28(23(22)18-11-12-19(31-3)20(15-18)32-4)24(29)21(34-26)14-17-9-7-6-8-10-17/h5-12,14-15,23H,1,13H2,2-4H3. The number of rotatable bonds is 7. The number of allylic oxidation sites excluding steroid dienone is 1. The summed E-state index contributed by atoms with van der Waals surface area (Å²) in [7, 11) is 3.08. The second-order valence-corrected chi connectivity index (χ2v) is 8.50. The number of esters is 1. The predicted molar refractivity (Wildman–Crippen MR) is 131 cm³/mol. The van der Waals surface area contributed by atoms with Gasteiger partial charge in [0.15, 0.2) is 16.3 Å². The number of carbonyl (C=O) groups is 1. The van der Waals surface area contributed by atoms with Crippen molar-refractivity contribution < 1.29 is 19.0 Å². The number of methoxy groups -OCH3 is 2. The van der Waals surface area contributed by atoms with Gasteiger partial charge in [0.05, 0.1) is 36.1 Å². The molecule has 7 nitrogen and oxygen atoms in total. The summed E-state index contributed by atoms with van der Waals surface area (Å²) in [5, 5.41) is 0. The van der Waals surface area contributed by atoms with E-state index in [4.69, 9.17) is 14.2 Å². The maximum atomic E-state index is 13.6.